The molecule has 0 saturated carbocycles. The zero-order valence-corrected chi connectivity index (χ0v) is 51.0. The van der Waals surface area contributed by atoms with Crippen molar-refractivity contribution in [2.75, 3.05) is 18.5 Å². The van der Waals surface area contributed by atoms with E-state index in [1.807, 2.05) is 0 Å². The van der Waals surface area contributed by atoms with Gasteiger partial charge in [0.1, 0.15) is 0 Å². The van der Waals surface area contributed by atoms with E-state index in [1.54, 1.807) is 37.7 Å². The van der Waals surface area contributed by atoms with E-state index in [9.17, 15) is 0 Å². The molecule has 0 atom stereocenters. The van der Waals surface area contributed by atoms with Crippen molar-refractivity contribution in [3.8, 4) is 0 Å². The lowest BCUT2D eigenvalue weighted by Crippen LogP contribution is -1.97. The van der Waals surface area contributed by atoms with Crippen LogP contribution in [-0.2, 0) is 0 Å². The third kappa shape index (κ3) is 64.5. The molecule has 0 aliphatic heterocycles. The molecule has 0 aliphatic carbocycles. The van der Waals surface area contributed by atoms with E-state index in [0.29, 0.717) is 7.92 Å². The highest BCUT2D eigenvalue weighted by atomic mass is 31.1. The quantitative estimate of drug-likeness (QED) is 0.0421. The summed E-state index contributed by atoms with van der Waals surface area (Å²) in [6.07, 6.45) is 98.8. The Morgan fingerprint density at radius 2 is 0.200 bits per heavy atom. The van der Waals surface area contributed by atoms with Crippen LogP contribution in [0.15, 0.2) is 0 Å². The average Bonchev–Trinajstić information content (AvgIpc) is 3.37. The lowest BCUT2D eigenvalue weighted by molar-refractivity contribution is 0.521. The molecule has 0 unspecified atom stereocenters. The standard InChI is InChI=1S/C69H141P/c1-4-7-10-13-16-19-22-25-28-31-34-37-40-43-46-49-52-55-58-61-64-67-70(68-65-62-59-56-53-50-47-44-41-38-35-32-29-26-23-20-17-14-11-8-5-2)69-66-63-60-57-54-51-48-45-42-39-36-33-30-27-24-21-18-15-12-9-6-3/h4-69H2,1-3H3. The van der Waals surface area contributed by atoms with Gasteiger partial charge < -0.3 is 0 Å². The van der Waals surface area contributed by atoms with Gasteiger partial charge in [-0.3, -0.25) is 0 Å². The Kier molecular flexibility index (Phi) is 67.9. The van der Waals surface area contributed by atoms with Gasteiger partial charge in [-0.2, -0.15) is 0 Å². The van der Waals surface area contributed by atoms with Crippen LogP contribution in [0.4, 0.5) is 0 Å². The maximum atomic E-state index is 2.32. The smallest absolute Gasteiger partial charge is 0.0326 e. The van der Waals surface area contributed by atoms with Crippen LogP contribution in [0, 0.1) is 0 Å². The van der Waals surface area contributed by atoms with Gasteiger partial charge in [0.15, 0.2) is 0 Å². The van der Waals surface area contributed by atoms with Crippen LogP contribution < -0.4 is 0 Å². The molecule has 0 aromatic carbocycles. The molecule has 0 nitrogen and oxygen atoms in total. The Morgan fingerprint density at radius 3 is 0.300 bits per heavy atom. The number of rotatable bonds is 66. The molecule has 0 amide bonds. The van der Waals surface area contributed by atoms with Crippen molar-refractivity contribution in [3.63, 3.8) is 0 Å². The van der Waals surface area contributed by atoms with Crippen molar-refractivity contribution in [2.45, 2.75) is 425 Å². The maximum absolute atomic E-state index is 2.32. The molecular weight excluding hydrogens is 860 g/mol. The predicted molar refractivity (Wildman–Crippen MR) is 329 cm³/mol. The first-order chi connectivity index (χ1) is 34.8. The Bertz CT molecular complexity index is 741. The summed E-state index contributed by atoms with van der Waals surface area (Å²) in [5.41, 5.74) is 0. The van der Waals surface area contributed by atoms with Gasteiger partial charge in [-0.05, 0) is 37.7 Å². The summed E-state index contributed by atoms with van der Waals surface area (Å²) in [6.45, 7) is 6.97. The topological polar surface area (TPSA) is 0 Å². The molecule has 0 bridgehead atoms. The lowest BCUT2D eigenvalue weighted by Gasteiger charge is -2.18. The number of unbranched alkanes of at least 4 members (excludes halogenated alkanes) is 60. The summed E-state index contributed by atoms with van der Waals surface area (Å²) >= 11 is 0. The molecule has 0 fully saturated rings. The molecule has 0 aliphatic rings. The minimum Gasteiger partial charge on any atom is -0.107 e. The highest BCUT2D eigenvalue weighted by Gasteiger charge is 2.09. The van der Waals surface area contributed by atoms with Crippen molar-refractivity contribution in [3.05, 3.63) is 0 Å². The molecule has 0 heterocycles. The third-order valence-corrected chi connectivity index (χ3v) is 19.6. The largest absolute Gasteiger partial charge is 0.107 e. The number of hydrogen-bond acceptors (Lipinski definition) is 0. The van der Waals surface area contributed by atoms with Crippen LogP contribution in [0.3, 0.4) is 0 Å². The predicted octanol–water partition coefficient (Wildman–Crippen LogP) is 27.1. The van der Waals surface area contributed by atoms with Crippen LogP contribution >= 0.6 is 7.92 Å². The van der Waals surface area contributed by atoms with E-state index in [1.165, 1.54) is 385 Å². The van der Waals surface area contributed by atoms with Gasteiger partial charge in [0.2, 0.25) is 0 Å². The van der Waals surface area contributed by atoms with Crippen LogP contribution in [0.2, 0.25) is 0 Å². The fourth-order valence-electron chi connectivity index (χ4n) is 11.6. The van der Waals surface area contributed by atoms with Gasteiger partial charge in [0, 0.05) is 0 Å². The van der Waals surface area contributed by atoms with E-state index < -0.39 is 0 Å². The van der Waals surface area contributed by atoms with E-state index in [2.05, 4.69) is 20.8 Å². The minimum atomic E-state index is 0.300. The van der Waals surface area contributed by atoms with E-state index in [0.717, 1.165) is 0 Å². The van der Waals surface area contributed by atoms with Gasteiger partial charge in [0.05, 0.1) is 0 Å². The molecule has 0 saturated heterocycles. The van der Waals surface area contributed by atoms with Crippen LogP contribution in [-0.4, -0.2) is 18.5 Å². The summed E-state index contributed by atoms with van der Waals surface area (Å²) in [5.74, 6) is 0. The van der Waals surface area contributed by atoms with E-state index >= 15 is 0 Å². The van der Waals surface area contributed by atoms with Gasteiger partial charge in [-0.1, -0.05) is 406 Å². The Morgan fingerprint density at radius 1 is 0.114 bits per heavy atom. The molecule has 0 rings (SSSR count). The van der Waals surface area contributed by atoms with Crippen molar-refractivity contribution >= 4 is 7.92 Å². The molecule has 0 aromatic heterocycles. The van der Waals surface area contributed by atoms with Gasteiger partial charge in [0.25, 0.3) is 0 Å². The first-order valence-corrected chi connectivity index (χ1v) is 36.5. The number of hydrogen-bond donors (Lipinski definition) is 0. The molecule has 0 spiro atoms. The van der Waals surface area contributed by atoms with Crippen LogP contribution in [0.5, 0.6) is 0 Å². The van der Waals surface area contributed by atoms with E-state index in [4.69, 9.17) is 0 Å². The Hall–Kier alpha value is 0.430. The lowest BCUT2D eigenvalue weighted by atomic mass is 10.0. The first kappa shape index (κ1) is 70.4. The highest BCUT2D eigenvalue weighted by molar-refractivity contribution is 7.57. The molecule has 0 N–H and O–H groups in total. The van der Waals surface area contributed by atoms with E-state index in [-0.39, 0.29) is 0 Å². The average molecular weight is 1000 g/mol. The van der Waals surface area contributed by atoms with Gasteiger partial charge in [-0.25, -0.2) is 0 Å². The van der Waals surface area contributed by atoms with Crippen molar-refractivity contribution in [1.29, 1.82) is 0 Å². The minimum absolute atomic E-state index is 0.300. The summed E-state index contributed by atoms with van der Waals surface area (Å²) in [5, 5.41) is 0. The molecule has 0 radical (unpaired) electrons. The molecule has 422 valence electrons. The zero-order chi connectivity index (χ0) is 50.2. The van der Waals surface area contributed by atoms with Crippen LogP contribution in [0.25, 0.3) is 0 Å². The highest BCUT2D eigenvalue weighted by Crippen LogP contribution is 2.39. The summed E-state index contributed by atoms with van der Waals surface area (Å²) in [4.78, 5) is 0. The second-order valence-electron chi connectivity index (χ2n) is 24.1. The normalized spacial score (nSPS) is 11.8. The summed E-state index contributed by atoms with van der Waals surface area (Å²) < 4.78 is 0. The molecular formula is C69H141P. The van der Waals surface area contributed by atoms with Gasteiger partial charge >= 0.3 is 0 Å². The van der Waals surface area contributed by atoms with Gasteiger partial charge in [-0.15, -0.1) is 7.92 Å². The van der Waals surface area contributed by atoms with Crippen molar-refractivity contribution in [2.24, 2.45) is 0 Å². The third-order valence-electron chi connectivity index (χ3n) is 16.7. The molecule has 1 heteroatoms. The van der Waals surface area contributed by atoms with Crippen LogP contribution in [0.1, 0.15) is 425 Å². The molecule has 70 heavy (non-hydrogen) atoms. The Balaban J connectivity index is 3.98. The monoisotopic (exact) mass is 1000 g/mol. The molecule has 0 aromatic rings. The first-order valence-electron chi connectivity index (χ1n) is 34.6. The van der Waals surface area contributed by atoms with Crippen molar-refractivity contribution in [1.82, 2.24) is 0 Å². The Labute approximate surface area is 449 Å². The van der Waals surface area contributed by atoms with Crippen molar-refractivity contribution < 1.29 is 0 Å². The fraction of sp³-hybridized carbons (Fsp3) is 1.00. The SMILES string of the molecule is CCCCCCCCCCCCCCCCCCCCCCCP(CCCCCCCCCCCCCCCCCCCCCCC)CCCCCCCCCCCCCCCCCCCCCCC. The second-order valence-corrected chi connectivity index (χ2v) is 26.7. The second kappa shape index (κ2) is 67.4. The summed E-state index contributed by atoms with van der Waals surface area (Å²) in [6, 6.07) is 0. The fourth-order valence-corrected chi connectivity index (χ4v) is 14.3. The summed E-state index contributed by atoms with van der Waals surface area (Å²) in [7, 11) is 0.300. The zero-order valence-electron chi connectivity index (χ0n) is 50.1. The maximum Gasteiger partial charge on any atom is -0.0326 e.